The molecule has 0 fully saturated rings. The van der Waals surface area contributed by atoms with Crippen LogP contribution in [0.25, 0.3) is 0 Å². The summed E-state index contributed by atoms with van der Waals surface area (Å²) in [7, 11) is 0. The fourth-order valence-corrected chi connectivity index (χ4v) is 2.42. The lowest BCUT2D eigenvalue weighted by Crippen LogP contribution is -2.22. The molecule has 1 unspecified atom stereocenters. The quantitative estimate of drug-likeness (QED) is 0.688. The first-order chi connectivity index (χ1) is 6.31. The summed E-state index contributed by atoms with van der Waals surface area (Å²) in [6.07, 6.45) is 4.61. The van der Waals surface area contributed by atoms with Crippen LogP contribution in [0.3, 0.4) is 0 Å². The van der Waals surface area contributed by atoms with E-state index in [0.29, 0.717) is 6.04 Å². The van der Waals surface area contributed by atoms with Gasteiger partial charge in [0.15, 0.2) is 0 Å². The second-order valence-corrected chi connectivity index (χ2v) is 4.43. The second-order valence-electron chi connectivity index (χ2n) is 3.58. The molecule has 70 valence electrons. The third-order valence-electron chi connectivity index (χ3n) is 2.57. The summed E-state index contributed by atoms with van der Waals surface area (Å²) in [5.74, 6) is 0. The Bertz CT molecular complexity index is 295. The number of para-hydroxylation sites is 1. The zero-order chi connectivity index (χ0) is 9.26. The van der Waals surface area contributed by atoms with Crippen LogP contribution >= 0.6 is 11.8 Å². The Morgan fingerprint density at radius 1 is 1.46 bits per heavy atom. The molecule has 1 heterocycles. The van der Waals surface area contributed by atoms with E-state index >= 15 is 0 Å². The van der Waals surface area contributed by atoms with Gasteiger partial charge in [0.05, 0.1) is 5.69 Å². The summed E-state index contributed by atoms with van der Waals surface area (Å²) in [6, 6.07) is 7.20. The van der Waals surface area contributed by atoms with Gasteiger partial charge >= 0.3 is 0 Å². The van der Waals surface area contributed by atoms with Gasteiger partial charge in [0.2, 0.25) is 0 Å². The maximum absolute atomic E-state index is 3.56. The van der Waals surface area contributed by atoms with Gasteiger partial charge in [-0.05, 0) is 37.7 Å². The molecule has 1 aromatic carbocycles. The maximum Gasteiger partial charge on any atom is 0.0512 e. The van der Waals surface area contributed by atoms with Crippen molar-refractivity contribution in [2.45, 2.75) is 30.7 Å². The molecular weight excluding hydrogens is 178 g/mol. The van der Waals surface area contributed by atoms with Crippen LogP contribution in [0.4, 0.5) is 5.69 Å². The Balaban J connectivity index is 2.41. The summed E-state index contributed by atoms with van der Waals surface area (Å²) in [5, 5.41) is 3.56. The molecule has 2 rings (SSSR count). The molecule has 1 atom stereocenters. The van der Waals surface area contributed by atoms with Gasteiger partial charge in [-0.25, -0.2) is 0 Å². The molecule has 1 nitrogen and oxygen atoms in total. The summed E-state index contributed by atoms with van der Waals surface area (Å²) >= 11 is 1.82. The highest BCUT2D eigenvalue weighted by Crippen LogP contribution is 2.33. The van der Waals surface area contributed by atoms with E-state index in [2.05, 4.69) is 36.7 Å². The average Bonchev–Trinajstić information content (AvgIpc) is 2.17. The maximum atomic E-state index is 3.56. The number of anilines is 1. The normalized spacial score (nSPS) is 20.6. The van der Waals surface area contributed by atoms with Gasteiger partial charge in [0, 0.05) is 10.9 Å². The van der Waals surface area contributed by atoms with Crippen LogP contribution < -0.4 is 5.32 Å². The van der Waals surface area contributed by atoms with Crippen molar-refractivity contribution in [2.24, 2.45) is 0 Å². The summed E-state index contributed by atoms with van der Waals surface area (Å²) in [5.41, 5.74) is 2.85. The van der Waals surface area contributed by atoms with Gasteiger partial charge in [-0.3, -0.25) is 0 Å². The molecule has 2 heteroatoms. The molecule has 0 saturated heterocycles. The molecule has 0 saturated carbocycles. The van der Waals surface area contributed by atoms with Crippen molar-refractivity contribution in [2.75, 3.05) is 11.6 Å². The van der Waals surface area contributed by atoms with E-state index in [1.54, 1.807) is 0 Å². The number of benzene rings is 1. The average molecular weight is 193 g/mol. The van der Waals surface area contributed by atoms with Gasteiger partial charge in [-0.1, -0.05) is 12.1 Å². The van der Waals surface area contributed by atoms with Crippen LogP contribution in [0, 0.1) is 0 Å². The van der Waals surface area contributed by atoms with Crippen LogP contribution in [0.1, 0.15) is 18.9 Å². The number of hydrogen-bond donors (Lipinski definition) is 1. The Morgan fingerprint density at radius 3 is 3.08 bits per heavy atom. The van der Waals surface area contributed by atoms with Crippen molar-refractivity contribution in [3.63, 3.8) is 0 Å². The van der Waals surface area contributed by atoms with Crippen molar-refractivity contribution < 1.29 is 0 Å². The summed E-state index contributed by atoms with van der Waals surface area (Å²) in [6.45, 7) is 2.25. The van der Waals surface area contributed by atoms with Crippen molar-refractivity contribution in [3.8, 4) is 0 Å². The molecule has 1 aromatic rings. The predicted molar refractivity (Wildman–Crippen MR) is 59.6 cm³/mol. The zero-order valence-corrected chi connectivity index (χ0v) is 8.95. The van der Waals surface area contributed by atoms with Crippen molar-refractivity contribution in [3.05, 3.63) is 23.8 Å². The molecule has 1 aliphatic rings. The second kappa shape index (κ2) is 3.62. The predicted octanol–water partition coefficient (Wildman–Crippen LogP) is 3.16. The van der Waals surface area contributed by atoms with E-state index in [-0.39, 0.29) is 0 Å². The summed E-state index contributed by atoms with van der Waals surface area (Å²) < 4.78 is 0. The van der Waals surface area contributed by atoms with Crippen molar-refractivity contribution >= 4 is 17.4 Å². The van der Waals surface area contributed by atoms with E-state index in [9.17, 15) is 0 Å². The fraction of sp³-hybridized carbons (Fsp3) is 0.455. The lowest BCUT2D eigenvalue weighted by atomic mass is 9.99. The number of hydrogen-bond acceptors (Lipinski definition) is 2. The minimum atomic E-state index is 0.626. The van der Waals surface area contributed by atoms with E-state index in [4.69, 9.17) is 0 Å². The Labute approximate surface area is 83.9 Å². The number of thioether (sulfide) groups is 1. The minimum Gasteiger partial charge on any atom is -0.381 e. The van der Waals surface area contributed by atoms with Gasteiger partial charge in [0.1, 0.15) is 0 Å². The number of fused-ring (bicyclic) bond motifs is 1. The number of aryl methyl sites for hydroxylation is 1. The lowest BCUT2D eigenvalue weighted by Gasteiger charge is -2.25. The van der Waals surface area contributed by atoms with E-state index in [1.165, 1.54) is 29.0 Å². The van der Waals surface area contributed by atoms with Crippen molar-refractivity contribution in [1.82, 2.24) is 0 Å². The Morgan fingerprint density at radius 2 is 2.31 bits per heavy atom. The van der Waals surface area contributed by atoms with E-state index < -0.39 is 0 Å². The van der Waals surface area contributed by atoms with Crippen molar-refractivity contribution in [1.29, 1.82) is 0 Å². The third kappa shape index (κ3) is 1.68. The number of nitrogens with one attached hydrogen (secondary N) is 1. The molecule has 0 amide bonds. The molecule has 1 aliphatic heterocycles. The third-order valence-corrected chi connectivity index (χ3v) is 3.35. The highest BCUT2D eigenvalue weighted by atomic mass is 32.2. The standard InChI is InChI=1S/C11H15NS/c1-8-6-7-9-4-3-5-10(13-2)11(9)12-8/h3-5,8,12H,6-7H2,1-2H3. The monoisotopic (exact) mass is 193 g/mol. The Hall–Kier alpha value is -0.630. The fourth-order valence-electron chi connectivity index (χ4n) is 1.81. The van der Waals surface area contributed by atoms with Gasteiger partial charge < -0.3 is 5.32 Å². The topological polar surface area (TPSA) is 12.0 Å². The van der Waals surface area contributed by atoms with Gasteiger partial charge in [0.25, 0.3) is 0 Å². The molecule has 0 spiro atoms. The highest BCUT2D eigenvalue weighted by Gasteiger charge is 2.15. The Kier molecular flexibility index (Phi) is 2.49. The first-order valence-electron chi connectivity index (χ1n) is 4.73. The lowest BCUT2D eigenvalue weighted by molar-refractivity contribution is 0.677. The molecular formula is C11H15NS. The molecule has 0 aromatic heterocycles. The molecule has 1 N–H and O–H groups in total. The minimum absolute atomic E-state index is 0.626. The molecule has 13 heavy (non-hydrogen) atoms. The van der Waals surface area contributed by atoms with Crippen LogP contribution in [0.5, 0.6) is 0 Å². The van der Waals surface area contributed by atoms with E-state index in [1.807, 2.05) is 11.8 Å². The number of rotatable bonds is 1. The largest absolute Gasteiger partial charge is 0.381 e. The highest BCUT2D eigenvalue weighted by molar-refractivity contribution is 7.98. The van der Waals surface area contributed by atoms with Gasteiger partial charge in [-0.2, -0.15) is 0 Å². The SMILES string of the molecule is CSc1cccc2c1NC(C)CC2. The van der Waals surface area contributed by atoms with E-state index in [0.717, 1.165) is 0 Å². The first-order valence-corrected chi connectivity index (χ1v) is 5.96. The first kappa shape index (κ1) is 8.95. The van der Waals surface area contributed by atoms with Crippen LogP contribution in [0.2, 0.25) is 0 Å². The van der Waals surface area contributed by atoms with Crippen LogP contribution in [-0.2, 0) is 6.42 Å². The molecule has 0 bridgehead atoms. The summed E-state index contributed by atoms with van der Waals surface area (Å²) in [4.78, 5) is 1.38. The molecule has 0 aliphatic carbocycles. The van der Waals surface area contributed by atoms with Crippen LogP contribution in [-0.4, -0.2) is 12.3 Å². The smallest absolute Gasteiger partial charge is 0.0512 e. The molecule has 0 radical (unpaired) electrons. The zero-order valence-electron chi connectivity index (χ0n) is 8.13. The van der Waals surface area contributed by atoms with Gasteiger partial charge in [-0.15, -0.1) is 11.8 Å². The van der Waals surface area contributed by atoms with Crippen LogP contribution in [0.15, 0.2) is 23.1 Å².